The first-order valence-electron chi connectivity index (χ1n) is 4.98. The van der Waals surface area contributed by atoms with Crippen molar-refractivity contribution >= 4 is 39.0 Å². The Labute approximate surface area is 112 Å². The number of nitrogen functional groups attached to an aromatic ring is 1. The summed E-state index contributed by atoms with van der Waals surface area (Å²) in [6.07, 6.45) is 0. The molecule has 7 heteroatoms. The molecule has 0 aliphatic carbocycles. The van der Waals surface area contributed by atoms with E-state index in [9.17, 15) is 0 Å². The number of hydrogen-bond donors (Lipinski definition) is 3. The Hall–Kier alpha value is -1.18. The monoisotopic (exact) mass is 313 g/mol. The number of nitrogens with zero attached hydrogens (tertiary/aromatic N) is 2. The van der Waals surface area contributed by atoms with Gasteiger partial charge in [0.1, 0.15) is 5.82 Å². The molecule has 0 spiro atoms. The average molecular weight is 314 g/mol. The lowest BCUT2D eigenvalue weighted by Gasteiger charge is -2.06. The number of halogens is 1. The molecule has 0 bridgehead atoms. The lowest BCUT2D eigenvalue weighted by Crippen LogP contribution is -2.12. The number of aromatic nitrogens is 2. The summed E-state index contributed by atoms with van der Waals surface area (Å²) in [5, 5.41) is 3.23. The molecule has 0 saturated heterocycles. The van der Waals surface area contributed by atoms with Crippen molar-refractivity contribution in [3.63, 3.8) is 0 Å². The van der Waals surface area contributed by atoms with E-state index in [0.717, 1.165) is 21.8 Å². The lowest BCUT2D eigenvalue weighted by molar-refractivity contribution is 1.05. The molecule has 0 atom stereocenters. The maximum absolute atomic E-state index is 5.29. The van der Waals surface area contributed by atoms with Crippen LogP contribution in [0, 0.1) is 6.92 Å². The minimum absolute atomic E-state index is 0.417. The molecule has 0 amide bonds. The van der Waals surface area contributed by atoms with Gasteiger partial charge in [-0.2, -0.15) is 4.98 Å². The maximum Gasteiger partial charge on any atom is 0.239 e. The minimum Gasteiger partial charge on any atom is -0.365 e. The Morgan fingerprint density at radius 2 is 2.24 bits per heavy atom. The predicted molar refractivity (Wildman–Crippen MR) is 73.9 cm³/mol. The van der Waals surface area contributed by atoms with E-state index in [0.29, 0.717) is 5.95 Å². The molecule has 0 fully saturated rings. The lowest BCUT2D eigenvalue weighted by atomic mass is 10.4. The summed E-state index contributed by atoms with van der Waals surface area (Å²) >= 11 is 5.12. The zero-order valence-electron chi connectivity index (χ0n) is 9.20. The topological polar surface area (TPSA) is 75.9 Å². The molecular weight excluding hydrogens is 302 g/mol. The second-order valence-corrected chi connectivity index (χ2v) is 5.97. The van der Waals surface area contributed by atoms with Crippen LogP contribution in [0.15, 0.2) is 22.0 Å². The molecule has 0 saturated carbocycles. The highest BCUT2D eigenvalue weighted by Crippen LogP contribution is 2.22. The van der Waals surface area contributed by atoms with Gasteiger partial charge in [-0.15, -0.1) is 11.3 Å². The summed E-state index contributed by atoms with van der Waals surface area (Å²) in [5.41, 5.74) is 3.31. The van der Waals surface area contributed by atoms with Gasteiger partial charge in [-0.05, 0) is 35.0 Å². The van der Waals surface area contributed by atoms with Crippen molar-refractivity contribution < 1.29 is 0 Å². The zero-order chi connectivity index (χ0) is 12.3. The number of nitrogens with two attached hydrogens (primary N) is 1. The molecule has 4 N–H and O–H groups in total. The van der Waals surface area contributed by atoms with E-state index in [1.807, 2.05) is 19.1 Å². The summed E-state index contributed by atoms with van der Waals surface area (Å²) in [4.78, 5) is 9.56. The molecule has 90 valence electrons. The van der Waals surface area contributed by atoms with E-state index in [-0.39, 0.29) is 0 Å². The first-order valence-corrected chi connectivity index (χ1v) is 6.58. The van der Waals surface area contributed by atoms with E-state index in [1.165, 1.54) is 4.88 Å². The Morgan fingerprint density at radius 3 is 2.88 bits per heavy atom. The van der Waals surface area contributed by atoms with Crippen molar-refractivity contribution in [2.24, 2.45) is 5.84 Å². The number of anilines is 2. The fourth-order valence-corrected chi connectivity index (χ4v) is 2.77. The molecule has 0 aliphatic rings. The van der Waals surface area contributed by atoms with Crippen LogP contribution in [0.1, 0.15) is 10.6 Å². The van der Waals surface area contributed by atoms with Crippen molar-refractivity contribution in [2.75, 3.05) is 10.7 Å². The first kappa shape index (κ1) is 12.3. The van der Waals surface area contributed by atoms with Crippen LogP contribution < -0.4 is 16.6 Å². The van der Waals surface area contributed by atoms with E-state index in [4.69, 9.17) is 5.84 Å². The van der Waals surface area contributed by atoms with Gasteiger partial charge in [-0.3, -0.25) is 5.43 Å². The van der Waals surface area contributed by atoms with Gasteiger partial charge in [0.25, 0.3) is 0 Å². The van der Waals surface area contributed by atoms with E-state index >= 15 is 0 Å². The number of hydrogen-bond acceptors (Lipinski definition) is 6. The number of hydrazine groups is 1. The largest absolute Gasteiger partial charge is 0.365 e. The predicted octanol–water partition coefficient (Wildman–Crippen LogP) is 2.51. The summed E-state index contributed by atoms with van der Waals surface area (Å²) in [6.45, 7) is 2.63. The molecule has 5 nitrogen and oxygen atoms in total. The summed E-state index contributed by atoms with van der Waals surface area (Å²) < 4.78 is 1.12. The molecule has 2 aromatic rings. The summed E-state index contributed by atoms with van der Waals surface area (Å²) in [7, 11) is 0. The van der Waals surface area contributed by atoms with Crippen molar-refractivity contribution in [2.45, 2.75) is 13.5 Å². The normalized spacial score (nSPS) is 10.3. The van der Waals surface area contributed by atoms with Gasteiger partial charge in [0, 0.05) is 16.6 Å². The van der Waals surface area contributed by atoms with E-state index < -0.39 is 0 Å². The first-order chi connectivity index (χ1) is 8.17. The Balaban J connectivity index is 2.05. The van der Waals surface area contributed by atoms with Gasteiger partial charge in [-0.1, -0.05) is 0 Å². The second kappa shape index (κ2) is 5.44. The van der Waals surface area contributed by atoms with Crippen LogP contribution in [0.4, 0.5) is 11.8 Å². The number of aryl methyl sites for hydroxylation is 1. The van der Waals surface area contributed by atoms with Crippen molar-refractivity contribution in [3.05, 3.63) is 32.6 Å². The fourth-order valence-electron chi connectivity index (χ4n) is 1.35. The van der Waals surface area contributed by atoms with Gasteiger partial charge in [0.15, 0.2) is 0 Å². The maximum atomic E-state index is 5.29. The van der Waals surface area contributed by atoms with Crippen LogP contribution in [0.2, 0.25) is 0 Å². The molecule has 2 aromatic heterocycles. The van der Waals surface area contributed by atoms with Crippen LogP contribution in [0.3, 0.4) is 0 Å². The highest BCUT2D eigenvalue weighted by atomic mass is 79.9. The molecule has 2 heterocycles. The SMILES string of the molecule is Cc1cc(NCc2ccc(Br)s2)nc(NN)n1. The molecule has 0 aliphatic heterocycles. The Kier molecular flexibility index (Phi) is 3.93. The standard InChI is InChI=1S/C10H12BrN5S/c1-6-4-9(15-10(14-6)16-12)13-5-7-2-3-8(11)17-7/h2-4H,5,12H2,1H3,(H2,13,14,15,16). The average Bonchev–Trinajstić information content (AvgIpc) is 2.72. The van der Waals surface area contributed by atoms with Crippen LogP contribution in [-0.4, -0.2) is 9.97 Å². The van der Waals surface area contributed by atoms with Crippen molar-refractivity contribution in [1.82, 2.24) is 9.97 Å². The zero-order valence-corrected chi connectivity index (χ0v) is 11.6. The number of rotatable bonds is 4. The summed E-state index contributed by atoms with van der Waals surface area (Å²) in [5.74, 6) is 6.47. The van der Waals surface area contributed by atoms with Gasteiger partial charge in [-0.25, -0.2) is 10.8 Å². The number of thiophene rings is 1. The minimum atomic E-state index is 0.417. The highest BCUT2D eigenvalue weighted by molar-refractivity contribution is 9.11. The van der Waals surface area contributed by atoms with Gasteiger partial charge < -0.3 is 5.32 Å². The quantitative estimate of drug-likeness (QED) is 0.597. The fraction of sp³-hybridized carbons (Fsp3) is 0.200. The third-order valence-electron chi connectivity index (χ3n) is 2.06. The van der Waals surface area contributed by atoms with Crippen LogP contribution in [-0.2, 0) is 6.54 Å². The molecule has 0 aromatic carbocycles. The third-order valence-corrected chi connectivity index (χ3v) is 3.68. The number of nitrogens with one attached hydrogen (secondary N) is 2. The Morgan fingerprint density at radius 1 is 1.41 bits per heavy atom. The summed E-state index contributed by atoms with van der Waals surface area (Å²) in [6, 6.07) is 5.97. The van der Waals surface area contributed by atoms with Crippen molar-refractivity contribution in [3.8, 4) is 0 Å². The molecular formula is C10H12BrN5S. The van der Waals surface area contributed by atoms with Gasteiger partial charge >= 0.3 is 0 Å². The van der Waals surface area contributed by atoms with E-state index in [1.54, 1.807) is 11.3 Å². The van der Waals surface area contributed by atoms with Gasteiger partial charge in [0.2, 0.25) is 5.95 Å². The van der Waals surface area contributed by atoms with E-state index in [2.05, 4.69) is 42.7 Å². The molecule has 17 heavy (non-hydrogen) atoms. The van der Waals surface area contributed by atoms with Gasteiger partial charge in [0.05, 0.1) is 10.3 Å². The molecule has 0 radical (unpaired) electrons. The molecule has 2 rings (SSSR count). The highest BCUT2D eigenvalue weighted by Gasteiger charge is 2.02. The van der Waals surface area contributed by atoms with Crippen molar-refractivity contribution in [1.29, 1.82) is 0 Å². The van der Waals surface area contributed by atoms with Crippen LogP contribution in [0.5, 0.6) is 0 Å². The smallest absolute Gasteiger partial charge is 0.239 e. The molecule has 0 unspecified atom stereocenters. The second-order valence-electron chi connectivity index (χ2n) is 3.42. The Bertz CT molecular complexity index is 513. The van der Waals surface area contributed by atoms with Crippen LogP contribution in [0.25, 0.3) is 0 Å². The van der Waals surface area contributed by atoms with Crippen LogP contribution >= 0.6 is 27.3 Å². The third kappa shape index (κ3) is 3.39.